The molecule has 15 heavy (non-hydrogen) atoms. The van der Waals surface area contributed by atoms with E-state index in [1.165, 1.54) is 21.6 Å². The fourth-order valence-corrected chi connectivity index (χ4v) is 4.36. The lowest BCUT2D eigenvalue weighted by molar-refractivity contribution is 0.353. The molecule has 2 N–H and O–H groups in total. The van der Waals surface area contributed by atoms with Crippen LogP contribution >= 0.6 is 22.7 Å². The van der Waals surface area contributed by atoms with Gasteiger partial charge in [-0.25, -0.2) is 4.98 Å². The first-order valence-corrected chi connectivity index (χ1v) is 6.72. The van der Waals surface area contributed by atoms with Crippen molar-refractivity contribution >= 4 is 37.3 Å². The molecule has 3 nitrogen and oxygen atoms in total. The molecule has 0 atom stereocenters. The van der Waals surface area contributed by atoms with Crippen LogP contribution in [0.25, 0.3) is 9.53 Å². The molecule has 0 radical (unpaired) electrons. The van der Waals surface area contributed by atoms with Crippen molar-refractivity contribution in [1.82, 2.24) is 9.88 Å². The summed E-state index contributed by atoms with van der Waals surface area (Å²) in [5.74, 6) is 0. The van der Waals surface area contributed by atoms with Crippen molar-refractivity contribution in [2.45, 2.75) is 12.8 Å². The summed E-state index contributed by atoms with van der Waals surface area (Å²) in [5.41, 5.74) is 7.25. The van der Waals surface area contributed by atoms with Gasteiger partial charge < -0.3 is 10.6 Å². The van der Waals surface area contributed by atoms with Crippen LogP contribution < -0.4 is 5.73 Å². The van der Waals surface area contributed by atoms with Gasteiger partial charge in [0.2, 0.25) is 0 Å². The van der Waals surface area contributed by atoms with E-state index < -0.39 is 0 Å². The molecule has 1 aliphatic rings. The van der Waals surface area contributed by atoms with Crippen molar-refractivity contribution in [2.75, 3.05) is 25.9 Å². The van der Waals surface area contributed by atoms with Gasteiger partial charge in [-0.05, 0) is 25.5 Å². The van der Waals surface area contributed by atoms with Gasteiger partial charge in [-0.1, -0.05) is 11.3 Å². The lowest BCUT2D eigenvalue weighted by Gasteiger charge is -2.11. The molecule has 2 aromatic rings. The Balaban J connectivity index is 2.12. The van der Waals surface area contributed by atoms with E-state index in [9.17, 15) is 0 Å². The lowest BCUT2D eigenvalue weighted by atomic mass is 10.2. The van der Waals surface area contributed by atoms with Crippen LogP contribution in [0.5, 0.6) is 0 Å². The van der Waals surface area contributed by atoms with Gasteiger partial charge in [-0.3, -0.25) is 0 Å². The number of nitrogens with two attached hydrogens (primary N) is 1. The van der Waals surface area contributed by atoms with E-state index in [1.54, 1.807) is 11.3 Å². The Kier molecular flexibility index (Phi) is 2.19. The topological polar surface area (TPSA) is 42.2 Å². The predicted molar refractivity (Wildman–Crippen MR) is 66.8 cm³/mol. The highest BCUT2D eigenvalue weighted by Crippen LogP contribution is 2.37. The molecule has 0 aliphatic carbocycles. The van der Waals surface area contributed by atoms with Crippen molar-refractivity contribution in [1.29, 1.82) is 0 Å². The molecule has 0 unspecified atom stereocenters. The van der Waals surface area contributed by atoms with Gasteiger partial charge in [0.05, 0.1) is 4.70 Å². The molecule has 3 rings (SSSR count). The molecule has 0 amide bonds. The Bertz CT molecular complexity index is 500. The first-order valence-electron chi connectivity index (χ1n) is 5.09. The minimum absolute atomic E-state index is 0.705. The summed E-state index contributed by atoms with van der Waals surface area (Å²) >= 11 is 3.47. The minimum Gasteiger partial charge on any atom is -0.375 e. The molecule has 0 spiro atoms. The standard InChI is InChI=1S/C10H13N3S2/c1-13-4-2-6-7(3-5-13)14-9-8(6)15-10(11)12-9/h2-5H2,1H3,(H2,11,12). The summed E-state index contributed by atoms with van der Waals surface area (Å²) in [7, 11) is 2.19. The molecule has 0 fully saturated rings. The van der Waals surface area contributed by atoms with Crippen LogP contribution in [-0.2, 0) is 12.8 Å². The molecule has 0 saturated carbocycles. The van der Waals surface area contributed by atoms with Gasteiger partial charge in [0.15, 0.2) is 5.13 Å². The van der Waals surface area contributed by atoms with Crippen LogP contribution in [0.4, 0.5) is 5.13 Å². The zero-order chi connectivity index (χ0) is 10.4. The summed E-state index contributed by atoms with van der Waals surface area (Å²) in [4.78, 5) is 9.43. The third-order valence-corrected chi connectivity index (χ3v) is 5.17. The van der Waals surface area contributed by atoms with E-state index in [0.717, 1.165) is 24.3 Å². The van der Waals surface area contributed by atoms with Crippen LogP contribution in [-0.4, -0.2) is 30.0 Å². The summed E-state index contributed by atoms with van der Waals surface area (Å²) in [6.07, 6.45) is 2.31. The third kappa shape index (κ3) is 1.55. The highest BCUT2D eigenvalue weighted by Gasteiger charge is 2.19. The zero-order valence-electron chi connectivity index (χ0n) is 8.62. The van der Waals surface area contributed by atoms with E-state index in [1.807, 2.05) is 11.3 Å². The average Bonchev–Trinajstić information content (AvgIpc) is 2.62. The number of fused-ring (bicyclic) bond motifs is 3. The Morgan fingerprint density at radius 1 is 1.27 bits per heavy atom. The van der Waals surface area contributed by atoms with Gasteiger partial charge in [-0.2, -0.15) is 0 Å². The Labute approximate surface area is 96.5 Å². The fraction of sp³-hybridized carbons (Fsp3) is 0.500. The van der Waals surface area contributed by atoms with Crippen LogP contribution in [0.2, 0.25) is 0 Å². The highest BCUT2D eigenvalue weighted by atomic mass is 32.1. The molecule has 3 heterocycles. The van der Waals surface area contributed by atoms with Gasteiger partial charge in [-0.15, -0.1) is 11.3 Å². The molecule has 0 aromatic carbocycles. The summed E-state index contributed by atoms with van der Waals surface area (Å²) in [6.45, 7) is 2.31. The number of rotatable bonds is 0. The summed E-state index contributed by atoms with van der Waals surface area (Å²) in [5, 5.41) is 0.705. The Hall–Kier alpha value is -0.650. The third-order valence-electron chi connectivity index (χ3n) is 2.91. The zero-order valence-corrected chi connectivity index (χ0v) is 10.2. The Morgan fingerprint density at radius 2 is 2.07 bits per heavy atom. The largest absolute Gasteiger partial charge is 0.375 e. The van der Waals surface area contributed by atoms with Crippen molar-refractivity contribution in [3.8, 4) is 0 Å². The first-order chi connectivity index (χ1) is 7.24. The maximum Gasteiger partial charge on any atom is 0.181 e. The number of aromatic nitrogens is 1. The minimum atomic E-state index is 0.705. The van der Waals surface area contributed by atoms with Crippen LogP contribution in [0.1, 0.15) is 10.4 Å². The number of likely N-dealkylation sites (N-methyl/N-ethyl adjacent to an activating group) is 1. The molecular formula is C10H13N3S2. The number of thiophene rings is 1. The monoisotopic (exact) mass is 239 g/mol. The normalized spacial score (nSPS) is 17.9. The number of hydrogen-bond donors (Lipinski definition) is 1. The molecular weight excluding hydrogens is 226 g/mol. The van der Waals surface area contributed by atoms with E-state index in [-0.39, 0.29) is 0 Å². The number of nitrogens with zero attached hydrogens (tertiary/aromatic N) is 2. The second kappa shape index (κ2) is 3.43. The predicted octanol–water partition coefficient (Wildman–Crippen LogP) is 1.97. The van der Waals surface area contributed by atoms with Crippen molar-refractivity contribution < 1.29 is 0 Å². The van der Waals surface area contributed by atoms with E-state index >= 15 is 0 Å². The molecule has 0 saturated heterocycles. The van der Waals surface area contributed by atoms with Crippen molar-refractivity contribution in [3.63, 3.8) is 0 Å². The van der Waals surface area contributed by atoms with Crippen LogP contribution in [0.3, 0.4) is 0 Å². The fourth-order valence-electron chi connectivity index (χ4n) is 2.05. The molecule has 80 valence electrons. The molecule has 0 bridgehead atoms. The number of nitrogen functional groups attached to an aromatic ring is 1. The van der Waals surface area contributed by atoms with Crippen LogP contribution in [0.15, 0.2) is 0 Å². The SMILES string of the molecule is CN1CCc2sc3nc(N)sc3c2CC1. The first kappa shape index (κ1) is 9.57. The van der Waals surface area contributed by atoms with Gasteiger partial charge >= 0.3 is 0 Å². The van der Waals surface area contributed by atoms with E-state index in [2.05, 4.69) is 16.9 Å². The maximum absolute atomic E-state index is 5.74. The number of hydrogen-bond acceptors (Lipinski definition) is 5. The second-order valence-electron chi connectivity index (χ2n) is 3.99. The average molecular weight is 239 g/mol. The second-order valence-corrected chi connectivity index (χ2v) is 6.11. The molecule has 1 aliphatic heterocycles. The molecule has 5 heteroatoms. The van der Waals surface area contributed by atoms with Gasteiger partial charge in [0.25, 0.3) is 0 Å². The van der Waals surface area contributed by atoms with Crippen LogP contribution in [0, 0.1) is 0 Å². The van der Waals surface area contributed by atoms with Gasteiger partial charge in [0.1, 0.15) is 4.83 Å². The maximum atomic E-state index is 5.74. The van der Waals surface area contributed by atoms with Crippen molar-refractivity contribution in [2.24, 2.45) is 0 Å². The smallest absolute Gasteiger partial charge is 0.181 e. The number of anilines is 1. The summed E-state index contributed by atoms with van der Waals surface area (Å²) < 4.78 is 1.34. The quantitative estimate of drug-likeness (QED) is 0.764. The van der Waals surface area contributed by atoms with Crippen molar-refractivity contribution in [3.05, 3.63) is 10.4 Å². The van der Waals surface area contributed by atoms with E-state index in [0.29, 0.717) is 5.13 Å². The lowest BCUT2D eigenvalue weighted by Crippen LogP contribution is -2.20. The van der Waals surface area contributed by atoms with E-state index in [4.69, 9.17) is 5.73 Å². The van der Waals surface area contributed by atoms with Gasteiger partial charge in [0, 0.05) is 18.0 Å². The highest BCUT2D eigenvalue weighted by molar-refractivity contribution is 7.29. The Morgan fingerprint density at radius 3 is 2.93 bits per heavy atom. The number of thiazole rings is 1. The molecule has 2 aromatic heterocycles. The summed E-state index contributed by atoms with van der Waals surface area (Å²) in [6, 6.07) is 0.